The largest absolute Gasteiger partial charge is 0.433 e. The number of rotatable bonds is 8. The van der Waals surface area contributed by atoms with Gasteiger partial charge in [0.15, 0.2) is 5.82 Å². The number of anilines is 1. The lowest BCUT2D eigenvalue weighted by Crippen LogP contribution is -2.31. The first-order chi connectivity index (χ1) is 13.5. The summed E-state index contributed by atoms with van der Waals surface area (Å²) in [5.74, 6) is 0.0223. The molecule has 0 amide bonds. The number of hydrogen-bond acceptors (Lipinski definition) is 8. The zero-order chi connectivity index (χ0) is 20.1. The van der Waals surface area contributed by atoms with Crippen LogP contribution in [0.5, 0.6) is 0 Å². The van der Waals surface area contributed by atoms with Crippen molar-refractivity contribution in [2.75, 3.05) is 31.2 Å². The van der Waals surface area contributed by atoms with Crippen molar-refractivity contribution >= 4 is 34.8 Å². The standard InChI is InChI=1S/C18H17FN4O5/c19-12-1-4-15-14(11-12)18(22(7-9-24)8-10-25)21-16(20-15)5-2-13-3-6-17(28-13)23(26)27/h1-6,11,24-25H,7-10H2. The van der Waals surface area contributed by atoms with Crippen LogP contribution in [-0.4, -0.2) is 51.4 Å². The molecule has 2 aromatic heterocycles. The fourth-order valence-electron chi connectivity index (χ4n) is 2.67. The van der Waals surface area contributed by atoms with Gasteiger partial charge < -0.3 is 19.5 Å². The van der Waals surface area contributed by atoms with Gasteiger partial charge >= 0.3 is 5.88 Å². The highest BCUT2D eigenvalue weighted by Gasteiger charge is 2.15. The van der Waals surface area contributed by atoms with Gasteiger partial charge in [0, 0.05) is 18.5 Å². The number of hydrogen-bond donors (Lipinski definition) is 2. The molecule has 0 unspecified atom stereocenters. The summed E-state index contributed by atoms with van der Waals surface area (Å²) in [6.07, 6.45) is 2.98. The Balaban J connectivity index is 2.03. The van der Waals surface area contributed by atoms with Crippen LogP contribution in [0.15, 0.2) is 34.7 Å². The van der Waals surface area contributed by atoms with Gasteiger partial charge in [-0.3, -0.25) is 10.1 Å². The number of nitro groups is 1. The average molecular weight is 388 g/mol. The van der Waals surface area contributed by atoms with E-state index in [2.05, 4.69) is 9.97 Å². The summed E-state index contributed by atoms with van der Waals surface area (Å²) in [5, 5.41) is 29.7. The third-order valence-electron chi connectivity index (χ3n) is 3.88. The highest BCUT2D eigenvalue weighted by atomic mass is 19.1. The van der Waals surface area contributed by atoms with Crippen molar-refractivity contribution in [2.45, 2.75) is 0 Å². The molecule has 0 saturated heterocycles. The molecule has 2 heterocycles. The van der Waals surface area contributed by atoms with Gasteiger partial charge in [-0.05, 0) is 36.4 Å². The minimum atomic E-state index is -0.641. The number of fused-ring (bicyclic) bond motifs is 1. The van der Waals surface area contributed by atoms with Crippen LogP contribution in [0.4, 0.5) is 16.1 Å². The number of halogens is 1. The van der Waals surface area contributed by atoms with Crippen molar-refractivity contribution in [3.8, 4) is 0 Å². The average Bonchev–Trinajstić information content (AvgIpc) is 3.15. The molecule has 0 aliphatic carbocycles. The van der Waals surface area contributed by atoms with Gasteiger partial charge in [0.1, 0.15) is 22.3 Å². The predicted molar refractivity (Wildman–Crippen MR) is 100 cm³/mol. The van der Waals surface area contributed by atoms with E-state index in [-0.39, 0.29) is 43.8 Å². The second-order valence-electron chi connectivity index (χ2n) is 5.77. The molecular weight excluding hydrogens is 371 g/mol. The third kappa shape index (κ3) is 4.30. The van der Waals surface area contributed by atoms with Crippen LogP contribution in [-0.2, 0) is 0 Å². The van der Waals surface area contributed by atoms with Gasteiger partial charge in [-0.2, -0.15) is 0 Å². The quantitative estimate of drug-likeness (QED) is 0.444. The zero-order valence-corrected chi connectivity index (χ0v) is 14.7. The molecule has 0 spiro atoms. The first kappa shape index (κ1) is 19.4. The van der Waals surface area contributed by atoms with Crippen LogP contribution in [0.1, 0.15) is 11.6 Å². The Labute approximate surface area is 158 Å². The van der Waals surface area contributed by atoms with Gasteiger partial charge in [-0.15, -0.1) is 0 Å². The fraction of sp³-hybridized carbons (Fsp3) is 0.222. The van der Waals surface area contributed by atoms with Crippen LogP contribution < -0.4 is 4.90 Å². The molecular formula is C18H17FN4O5. The highest BCUT2D eigenvalue weighted by Crippen LogP contribution is 2.26. The highest BCUT2D eigenvalue weighted by molar-refractivity contribution is 5.90. The number of aromatic nitrogens is 2. The maximum Gasteiger partial charge on any atom is 0.433 e. The summed E-state index contributed by atoms with van der Waals surface area (Å²) in [6.45, 7) is 0.0253. The van der Waals surface area contributed by atoms with Crippen LogP contribution in [0, 0.1) is 15.9 Å². The minimum absolute atomic E-state index is 0.179. The van der Waals surface area contributed by atoms with E-state index in [1.54, 1.807) is 4.90 Å². The zero-order valence-electron chi connectivity index (χ0n) is 14.7. The first-order valence-electron chi connectivity index (χ1n) is 8.38. The summed E-state index contributed by atoms with van der Waals surface area (Å²) >= 11 is 0. The number of nitrogens with zero attached hydrogens (tertiary/aromatic N) is 4. The van der Waals surface area contributed by atoms with E-state index in [1.165, 1.54) is 42.5 Å². The van der Waals surface area contributed by atoms with Gasteiger partial charge in [0.05, 0.1) is 24.8 Å². The number of benzene rings is 1. The van der Waals surface area contributed by atoms with E-state index >= 15 is 0 Å². The van der Waals surface area contributed by atoms with Crippen LogP contribution >= 0.6 is 0 Å². The summed E-state index contributed by atoms with van der Waals surface area (Å²) < 4.78 is 18.8. The molecule has 9 nitrogen and oxygen atoms in total. The molecule has 0 saturated carbocycles. The maximum absolute atomic E-state index is 13.7. The summed E-state index contributed by atoms with van der Waals surface area (Å²) in [5.41, 5.74) is 0.470. The molecule has 0 fully saturated rings. The Morgan fingerprint density at radius 1 is 1.14 bits per heavy atom. The van der Waals surface area contributed by atoms with E-state index in [0.717, 1.165) is 0 Å². The fourth-order valence-corrected chi connectivity index (χ4v) is 2.67. The van der Waals surface area contributed by atoms with Gasteiger partial charge in [0.2, 0.25) is 0 Å². The molecule has 0 atom stereocenters. The number of furan rings is 1. The van der Waals surface area contributed by atoms with Crippen molar-refractivity contribution < 1.29 is 23.9 Å². The second kappa shape index (κ2) is 8.55. The Hall–Kier alpha value is -3.37. The lowest BCUT2D eigenvalue weighted by atomic mass is 10.2. The van der Waals surface area contributed by atoms with E-state index in [0.29, 0.717) is 16.7 Å². The number of aliphatic hydroxyl groups is 2. The van der Waals surface area contributed by atoms with Crippen molar-refractivity contribution in [3.63, 3.8) is 0 Å². The minimum Gasteiger partial charge on any atom is -0.401 e. The molecule has 28 heavy (non-hydrogen) atoms. The summed E-state index contributed by atoms with van der Waals surface area (Å²) in [4.78, 5) is 20.4. The van der Waals surface area contributed by atoms with E-state index in [9.17, 15) is 24.7 Å². The Kier molecular flexibility index (Phi) is 5.92. The molecule has 146 valence electrons. The van der Waals surface area contributed by atoms with Crippen molar-refractivity contribution in [1.82, 2.24) is 9.97 Å². The Morgan fingerprint density at radius 3 is 2.54 bits per heavy atom. The predicted octanol–water partition coefficient (Wildman–Crippen LogP) is 2.23. The molecule has 3 rings (SSSR count). The van der Waals surface area contributed by atoms with E-state index in [4.69, 9.17) is 4.42 Å². The van der Waals surface area contributed by atoms with Crippen molar-refractivity contribution in [1.29, 1.82) is 0 Å². The maximum atomic E-state index is 13.7. The SMILES string of the molecule is O=[N+]([O-])c1ccc(C=Cc2nc(N(CCO)CCO)c3cc(F)ccc3n2)o1. The Morgan fingerprint density at radius 2 is 1.89 bits per heavy atom. The Bertz CT molecular complexity index is 1010. The molecule has 0 radical (unpaired) electrons. The van der Waals surface area contributed by atoms with Gasteiger partial charge in [-0.1, -0.05) is 0 Å². The second-order valence-corrected chi connectivity index (χ2v) is 5.77. The molecule has 3 aromatic rings. The molecule has 2 N–H and O–H groups in total. The van der Waals surface area contributed by atoms with Crippen molar-refractivity contribution in [3.05, 3.63) is 57.8 Å². The molecule has 10 heteroatoms. The van der Waals surface area contributed by atoms with Gasteiger partial charge in [0.25, 0.3) is 0 Å². The monoisotopic (exact) mass is 388 g/mol. The lowest BCUT2D eigenvalue weighted by molar-refractivity contribution is -0.402. The molecule has 0 aliphatic heterocycles. The van der Waals surface area contributed by atoms with Crippen LogP contribution in [0.25, 0.3) is 23.1 Å². The topological polar surface area (TPSA) is 126 Å². The van der Waals surface area contributed by atoms with Crippen LogP contribution in [0.2, 0.25) is 0 Å². The third-order valence-corrected chi connectivity index (χ3v) is 3.88. The molecule has 1 aromatic carbocycles. The molecule has 0 aliphatic rings. The van der Waals surface area contributed by atoms with Crippen LogP contribution in [0.3, 0.4) is 0 Å². The number of aliphatic hydroxyl groups excluding tert-OH is 2. The van der Waals surface area contributed by atoms with E-state index in [1.807, 2.05) is 0 Å². The molecule has 0 bridgehead atoms. The van der Waals surface area contributed by atoms with Crippen molar-refractivity contribution in [2.24, 2.45) is 0 Å². The summed E-state index contributed by atoms with van der Waals surface area (Å²) in [7, 11) is 0. The smallest absolute Gasteiger partial charge is 0.401 e. The van der Waals surface area contributed by atoms with Gasteiger partial charge in [-0.25, -0.2) is 14.4 Å². The first-order valence-corrected chi connectivity index (χ1v) is 8.38. The normalized spacial score (nSPS) is 11.4. The summed E-state index contributed by atoms with van der Waals surface area (Å²) in [6, 6.07) is 6.73. The van der Waals surface area contributed by atoms with E-state index < -0.39 is 10.7 Å². The lowest BCUT2D eigenvalue weighted by Gasteiger charge is -2.23.